The van der Waals surface area contributed by atoms with Crippen molar-refractivity contribution >= 4 is 26.7 Å². The van der Waals surface area contributed by atoms with Crippen molar-refractivity contribution in [1.29, 1.82) is 0 Å². The van der Waals surface area contributed by atoms with Crippen LogP contribution >= 0.6 is 0 Å². The number of benzene rings is 3. The molecule has 0 N–H and O–H groups in total. The molecule has 0 aromatic heterocycles. The Labute approximate surface area is 147 Å². The highest BCUT2D eigenvalue weighted by molar-refractivity contribution is 7.86. The molecule has 128 valence electrons. The summed E-state index contributed by atoms with van der Waals surface area (Å²) in [7, 11) is -3.99. The van der Waals surface area contributed by atoms with E-state index in [1.165, 1.54) is 19.1 Å². The topological polar surface area (TPSA) is 60.4 Å². The lowest BCUT2D eigenvalue weighted by Crippen LogP contribution is -2.24. The molecule has 5 heteroatoms. The molecule has 0 fully saturated rings. The monoisotopic (exact) mass is 354 g/mol. The average Bonchev–Trinajstić information content (AvgIpc) is 2.60. The summed E-state index contributed by atoms with van der Waals surface area (Å²) in [5, 5.41) is 1.93. The van der Waals surface area contributed by atoms with E-state index in [0.717, 1.165) is 16.3 Å². The van der Waals surface area contributed by atoms with Gasteiger partial charge in [-0.05, 0) is 42.8 Å². The number of rotatable bonds is 5. The first-order valence-electron chi connectivity index (χ1n) is 7.90. The fourth-order valence-electron chi connectivity index (χ4n) is 2.57. The third-order valence-corrected chi connectivity index (χ3v) is 5.38. The molecule has 3 rings (SSSR count). The summed E-state index contributed by atoms with van der Waals surface area (Å²) in [6.45, 7) is 3.31. The second-order valence-corrected chi connectivity index (χ2v) is 7.50. The number of aryl methyl sites for hydroxylation is 1. The van der Waals surface area contributed by atoms with E-state index < -0.39 is 16.2 Å². The normalized spacial score (nSPS) is 12.9. The first-order valence-corrected chi connectivity index (χ1v) is 9.30. The fourth-order valence-corrected chi connectivity index (χ4v) is 3.62. The summed E-state index contributed by atoms with van der Waals surface area (Å²) in [5.74, 6) is -0.374. The van der Waals surface area contributed by atoms with Crippen LogP contribution in [0.15, 0.2) is 71.6 Å². The SMILES string of the molecule is Cc1ccc(S(=O)(=O)OC(C)C(=O)c2ccc3ccccc3c2)cc1. The van der Waals surface area contributed by atoms with Crippen molar-refractivity contribution in [3.8, 4) is 0 Å². The van der Waals surface area contributed by atoms with Crippen LogP contribution < -0.4 is 0 Å². The average molecular weight is 354 g/mol. The van der Waals surface area contributed by atoms with Crippen LogP contribution in [0.3, 0.4) is 0 Å². The maximum absolute atomic E-state index is 12.6. The minimum atomic E-state index is -3.99. The van der Waals surface area contributed by atoms with Crippen LogP contribution in [0.2, 0.25) is 0 Å². The molecule has 3 aromatic rings. The number of hydrogen-bond donors (Lipinski definition) is 0. The molecule has 25 heavy (non-hydrogen) atoms. The van der Waals surface area contributed by atoms with Crippen molar-refractivity contribution in [2.75, 3.05) is 0 Å². The molecule has 0 saturated heterocycles. The van der Waals surface area contributed by atoms with Crippen molar-refractivity contribution in [1.82, 2.24) is 0 Å². The first-order chi connectivity index (χ1) is 11.9. The number of carbonyl (C=O) groups is 1. The van der Waals surface area contributed by atoms with Crippen molar-refractivity contribution in [3.05, 3.63) is 77.9 Å². The van der Waals surface area contributed by atoms with E-state index in [-0.39, 0.29) is 10.7 Å². The third kappa shape index (κ3) is 3.78. The van der Waals surface area contributed by atoms with Crippen LogP contribution in [0.5, 0.6) is 0 Å². The van der Waals surface area contributed by atoms with Gasteiger partial charge in [0, 0.05) is 5.56 Å². The van der Waals surface area contributed by atoms with E-state index in [1.807, 2.05) is 37.3 Å². The quantitative estimate of drug-likeness (QED) is 0.511. The maximum Gasteiger partial charge on any atom is 0.297 e. The molecule has 0 amide bonds. The lowest BCUT2D eigenvalue weighted by Gasteiger charge is -2.13. The number of ketones is 1. The van der Waals surface area contributed by atoms with Crippen LogP contribution in [0.4, 0.5) is 0 Å². The van der Waals surface area contributed by atoms with Gasteiger partial charge in [-0.3, -0.25) is 8.98 Å². The van der Waals surface area contributed by atoms with Crippen LogP contribution in [-0.4, -0.2) is 20.3 Å². The van der Waals surface area contributed by atoms with Crippen molar-refractivity contribution in [2.45, 2.75) is 24.8 Å². The van der Waals surface area contributed by atoms with Gasteiger partial charge in [0.05, 0.1) is 4.90 Å². The highest BCUT2D eigenvalue weighted by Gasteiger charge is 2.24. The molecule has 0 bridgehead atoms. The highest BCUT2D eigenvalue weighted by atomic mass is 32.2. The number of carbonyl (C=O) groups excluding carboxylic acids is 1. The van der Waals surface area contributed by atoms with Gasteiger partial charge in [0.25, 0.3) is 10.1 Å². The molecule has 1 atom stereocenters. The zero-order valence-corrected chi connectivity index (χ0v) is 14.8. The Balaban J connectivity index is 1.82. The van der Waals surface area contributed by atoms with E-state index in [2.05, 4.69) is 0 Å². The van der Waals surface area contributed by atoms with Crippen molar-refractivity contribution in [3.63, 3.8) is 0 Å². The standard InChI is InChI=1S/C20H18O4S/c1-14-7-11-19(12-8-14)25(22,23)24-15(2)20(21)18-10-9-16-5-3-4-6-17(16)13-18/h3-13,15H,1-2H3. The molecule has 0 heterocycles. The molecule has 1 unspecified atom stereocenters. The second kappa shape index (κ2) is 6.78. The summed E-state index contributed by atoms with van der Waals surface area (Å²) >= 11 is 0. The maximum atomic E-state index is 12.6. The number of fused-ring (bicyclic) bond motifs is 1. The summed E-state index contributed by atoms with van der Waals surface area (Å²) in [6.07, 6.45) is -1.10. The van der Waals surface area contributed by atoms with Gasteiger partial charge in [-0.25, -0.2) is 0 Å². The zero-order valence-electron chi connectivity index (χ0n) is 14.0. The molecule has 4 nitrogen and oxygen atoms in total. The van der Waals surface area contributed by atoms with E-state index >= 15 is 0 Å². The molecule has 0 spiro atoms. The molecule has 3 aromatic carbocycles. The summed E-state index contributed by atoms with van der Waals surface area (Å²) < 4.78 is 29.8. The Morgan fingerprint density at radius 2 is 1.56 bits per heavy atom. The van der Waals surface area contributed by atoms with Gasteiger partial charge >= 0.3 is 0 Å². The molecular formula is C20H18O4S. The number of hydrogen-bond acceptors (Lipinski definition) is 4. The van der Waals surface area contributed by atoms with Gasteiger partial charge < -0.3 is 0 Å². The third-order valence-electron chi connectivity index (χ3n) is 3.98. The fraction of sp³-hybridized carbons (Fsp3) is 0.150. The highest BCUT2D eigenvalue weighted by Crippen LogP contribution is 2.20. The van der Waals surface area contributed by atoms with Crippen LogP contribution in [0.1, 0.15) is 22.8 Å². The smallest absolute Gasteiger partial charge is 0.291 e. The van der Waals surface area contributed by atoms with Gasteiger partial charge in [-0.15, -0.1) is 0 Å². The molecular weight excluding hydrogens is 336 g/mol. The summed E-state index contributed by atoms with van der Waals surface area (Å²) in [5.41, 5.74) is 1.37. The lowest BCUT2D eigenvalue weighted by atomic mass is 10.0. The van der Waals surface area contributed by atoms with Gasteiger partial charge in [0.15, 0.2) is 5.78 Å². The molecule has 0 radical (unpaired) electrons. The zero-order chi connectivity index (χ0) is 18.0. The Kier molecular flexibility index (Phi) is 4.70. The predicted molar refractivity (Wildman–Crippen MR) is 97.2 cm³/mol. The largest absolute Gasteiger partial charge is 0.297 e. The molecule has 0 aliphatic rings. The molecule has 0 aliphatic heterocycles. The molecule has 0 saturated carbocycles. The van der Waals surface area contributed by atoms with Crippen molar-refractivity contribution < 1.29 is 17.4 Å². The first kappa shape index (κ1) is 17.3. The molecule has 0 aliphatic carbocycles. The predicted octanol–water partition coefficient (Wildman–Crippen LogP) is 4.12. The Morgan fingerprint density at radius 1 is 0.920 bits per heavy atom. The lowest BCUT2D eigenvalue weighted by molar-refractivity contribution is 0.0826. The van der Waals surface area contributed by atoms with Crippen molar-refractivity contribution in [2.24, 2.45) is 0 Å². The Bertz CT molecular complexity index is 1020. The van der Waals surface area contributed by atoms with E-state index in [9.17, 15) is 13.2 Å². The second-order valence-electron chi connectivity index (χ2n) is 5.93. The van der Waals surface area contributed by atoms with E-state index in [0.29, 0.717) is 5.56 Å². The van der Waals surface area contributed by atoms with Crippen LogP contribution in [0, 0.1) is 6.92 Å². The van der Waals surface area contributed by atoms with Crippen LogP contribution in [-0.2, 0) is 14.3 Å². The van der Waals surface area contributed by atoms with Gasteiger partial charge in [0.2, 0.25) is 0 Å². The van der Waals surface area contributed by atoms with Crippen LogP contribution in [0.25, 0.3) is 10.8 Å². The minimum absolute atomic E-state index is 0.0382. The Morgan fingerprint density at radius 3 is 2.24 bits per heavy atom. The van der Waals surface area contributed by atoms with Gasteiger partial charge in [-0.2, -0.15) is 8.42 Å². The van der Waals surface area contributed by atoms with Gasteiger partial charge in [0.1, 0.15) is 6.10 Å². The van der Waals surface area contributed by atoms with Gasteiger partial charge in [-0.1, -0.05) is 54.1 Å². The number of Topliss-reactive ketones (excluding diaryl/α,β-unsaturated/α-hetero) is 1. The summed E-state index contributed by atoms with van der Waals surface area (Å²) in [4.78, 5) is 12.6. The van der Waals surface area contributed by atoms with E-state index in [4.69, 9.17) is 4.18 Å². The van der Waals surface area contributed by atoms with E-state index in [1.54, 1.807) is 24.3 Å². The summed E-state index contributed by atoms with van der Waals surface area (Å²) in [6, 6.07) is 19.2. The Hall–Kier alpha value is -2.50. The minimum Gasteiger partial charge on any atom is -0.291 e.